The first-order chi connectivity index (χ1) is 9.81. The molecule has 2 heterocycles. The van der Waals surface area contributed by atoms with E-state index in [4.69, 9.17) is 10.7 Å². The molecule has 0 aliphatic heterocycles. The van der Waals surface area contributed by atoms with Gasteiger partial charge >= 0.3 is 0 Å². The van der Waals surface area contributed by atoms with Gasteiger partial charge in [-0.05, 0) is 37.7 Å². The highest BCUT2D eigenvalue weighted by Gasteiger charge is 2.22. The minimum absolute atomic E-state index is 0.521. The summed E-state index contributed by atoms with van der Waals surface area (Å²) in [5.41, 5.74) is 7.60. The van der Waals surface area contributed by atoms with Crippen molar-refractivity contribution >= 4 is 33.3 Å². The topological polar surface area (TPSA) is 63.8 Å². The van der Waals surface area contributed by atoms with Gasteiger partial charge in [0, 0.05) is 10.9 Å². The Morgan fingerprint density at radius 1 is 1.05 bits per heavy atom. The number of aryl methyl sites for hydroxylation is 2. The van der Waals surface area contributed by atoms with Gasteiger partial charge in [0.25, 0.3) is 0 Å². The van der Waals surface area contributed by atoms with Crippen molar-refractivity contribution in [2.45, 2.75) is 57.4 Å². The number of nitrogens with two attached hydrogens (primary N) is 1. The molecule has 0 aromatic carbocycles. The van der Waals surface area contributed by atoms with E-state index in [1.807, 2.05) is 0 Å². The largest absolute Gasteiger partial charge is 0.383 e. The van der Waals surface area contributed by atoms with Gasteiger partial charge in [0.2, 0.25) is 5.95 Å². The second-order valence-electron chi connectivity index (χ2n) is 5.95. The third-order valence-corrected chi connectivity index (χ3v) is 5.72. The minimum Gasteiger partial charge on any atom is -0.383 e. The van der Waals surface area contributed by atoms with Gasteiger partial charge in [-0.15, -0.1) is 11.3 Å². The fraction of sp³-hybridized carbons (Fsp3) is 0.600. The van der Waals surface area contributed by atoms with Gasteiger partial charge in [-0.3, -0.25) is 0 Å². The molecule has 20 heavy (non-hydrogen) atoms. The number of nitrogen functional groups attached to an aromatic ring is 1. The van der Waals surface area contributed by atoms with Crippen molar-refractivity contribution in [2.24, 2.45) is 0 Å². The molecule has 5 heteroatoms. The molecule has 0 spiro atoms. The van der Waals surface area contributed by atoms with Crippen LogP contribution in [-0.4, -0.2) is 16.0 Å². The second-order valence-corrected chi connectivity index (χ2v) is 7.03. The first-order valence-corrected chi connectivity index (χ1v) is 8.47. The quantitative estimate of drug-likeness (QED) is 0.887. The number of rotatable bonds is 2. The van der Waals surface area contributed by atoms with Gasteiger partial charge in [-0.1, -0.05) is 19.3 Å². The molecular formula is C15H20N4S. The first kappa shape index (κ1) is 12.4. The lowest BCUT2D eigenvalue weighted by atomic mass is 9.96. The predicted molar refractivity (Wildman–Crippen MR) is 84.3 cm³/mol. The number of aromatic nitrogens is 2. The fourth-order valence-corrected chi connectivity index (χ4v) is 4.79. The summed E-state index contributed by atoms with van der Waals surface area (Å²) in [5, 5.41) is 4.60. The molecule has 106 valence electrons. The summed E-state index contributed by atoms with van der Waals surface area (Å²) in [6.07, 6.45) is 9.99. The number of thiophene rings is 1. The molecule has 2 aliphatic rings. The Morgan fingerprint density at radius 3 is 2.75 bits per heavy atom. The number of nitrogens with one attached hydrogen (secondary N) is 1. The first-order valence-electron chi connectivity index (χ1n) is 7.65. The van der Waals surface area contributed by atoms with Gasteiger partial charge in [0.1, 0.15) is 10.6 Å². The molecule has 1 saturated carbocycles. The Kier molecular flexibility index (Phi) is 3.02. The summed E-state index contributed by atoms with van der Waals surface area (Å²) in [4.78, 5) is 11.8. The van der Waals surface area contributed by atoms with Gasteiger partial charge in [-0.25, -0.2) is 4.98 Å². The van der Waals surface area contributed by atoms with E-state index in [0.717, 1.165) is 22.6 Å². The molecule has 3 N–H and O–H groups in total. The molecule has 2 aromatic heterocycles. The van der Waals surface area contributed by atoms with Crippen LogP contribution in [0.3, 0.4) is 0 Å². The van der Waals surface area contributed by atoms with Gasteiger partial charge in [-0.2, -0.15) is 4.98 Å². The van der Waals surface area contributed by atoms with Crippen LogP contribution in [0.25, 0.3) is 10.2 Å². The Morgan fingerprint density at radius 2 is 1.90 bits per heavy atom. The van der Waals surface area contributed by atoms with E-state index < -0.39 is 0 Å². The summed E-state index contributed by atoms with van der Waals surface area (Å²) < 4.78 is 0. The maximum absolute atomic E-state index is 6.20. The maximum Gasteiger partial charge on any atom is 0.226 e. The molecule has 4 nitrogen and oxygen atoms in total. The highest BCUT2D eigenvalue weighted by Crippen LogP contribution is 2.39. The van der Waals surface area contributed by atoms with Crippen LogP contribution in [0.15, 0.2) is 0 Å². The van der Waals surface area contributed by atoms with Crippen LogP contribution in [0.2, 0.25) is 0 Å². The maximum atomic E-state index is 6.20. The van der Waals surface area contributed by atoms with Crippen molar-refractivity contribution in [3.05, 3.63) is 10.4 Å². The number of nitrogens with zero attached hydrogens (tertiary/aromatic N) is 2. The zero-order valence-electron chi connectivity index (χ0n) is 11.6. The summed E-state index contributed by atoms with van der Waals surface area (Å²) in [6.45, 7) is 0. The highest BCUT2D eigenvalue weighted by molar-refractivity contribution is 7.19. The summed E-state index contributed by atoms with van der Waals surface area (Å²) in [7, 11) is 0. The van der Waals surface area contributed by atoms with E-state index in [-0.39, 0.29) is 0 Å². The molecule has 2 aromatic rings. The number of fused-ring (bicyclic) bond motifs is 3. The smallest absolute Gasteiger partial charge is 0.226 e. The van der Waals surface area contributed by atoms with Gasteiger partial charge < -0.3 is 11.1 Å². The molecule has 0 atom stereocenters. The summed E-state index contributed by atoms with van der Waals surface area (Å²) in [5.74, 6) is 1.38. The monoisotopic (exact) mass is 288 g/mol. The average Bonchev–Trinajstić information content (AvgIpc) is 2.99. The lowest BCUT2D eigenvalue weighted by Gasteiger charge is -2.22. The standard InChI is InChI=1S/C15H20N4S/c16-13-12-10-7-4-8-11(10)20-14(12)19-15(18-13)17-9-5-2-1-3-6-9/h9H,1-8H2,(H3,16,17,18,19). The molecule has 0 unspecified atom stereocenters. The molecule has 0 bridgehead atoms. The second kappa shape index (κ2) is 4.88. The van der Waals surface area contributed by atoms with Crippen molar-refractivity contribution < 1.29 is 0 Å². The van der Waals surface area contributed by atoms with E-state index >= 15 is 0 Å². The Balaban J connectivity index is 1.67. The normalized spacial score (nSPS) is 19.4. The lowest BCUT2D eigenvalue weighted by Crippen LogP contribution is -2.23. The zero-order valence-corrected chi connectivity index (χ0v) is 12.4. The van der Waals surface area contributed by atoms with Crippen LogP contribution >= 0.6 is 11.3 Å². The Bertz CT molecular complexity index is 643. The lowest BCUT2D eigenvalue weighted by molar-refractivity contribution is 0.461. The third-order valence-electron chi connectivity index (χ3n) is 4.53. The SMILES string of the molecule is Nc1nc(NC2CCCCC2)nc2sc3c(c12)CCC3. The van der Waals surface area contributed by atoms with Crippen molar-refractivity contribution in [3.8, 4) is 0 Å². The third kappa shape index (κ3) is 2.04. The Labute approximate surface area is 122 Å². The molecular weight excluding hydrogens is 268 g/mol. The van der Waals surface area contributed by atoms with E-state index in [9.17, 15) is 0 Å². The highest BCUT2D eigenvalue weighted by atomic mass is 32.1. The van der Waals surface area contributed by atoms with Crippen molar-refractivity contribution in [1.82, 2.24) is 9.97 Å². The van der Waals surface area contributed by atoms with Crippen molar-refractivity contribution in [1.29, 1.82) is 0 Å². The summed E-state index contributed by atoms with van der Waals surface area (Å²) in [6, 6.07) is 0.521. The van der Waals surface area contributed by atoms with Crippen molar-refractivity contribution in [2.75, 3.05) is 11.1 Å². The van der Waals surface area contributed by atoms with E-state index in [1.54, 1.807) is 11.3 Å². The van der Waals surface area contributed by atoms with Crippen LogP contribution < -0.4 is 11.1 Å². The minimum atomic E-state index is 0.521. The van der Waals surface area contributed by atoms with Crippen LogP contribution in [0.5, 0.6) is 0 Å². The van der Waals surface area contributed by atoms with Gasteiger partial charge in [0.15, 0.2) is 0 Å². The predicted octanol–water partition coefficient (Wildman–Crippen LogP) is 3.51. The van der Waals surface area contributed by atoms with Crippen LogP contribution in [0, 0.1) is 0 Å². The fourth-order valence-electron chi connectivity index (χ4n) is 3.52. The molecule has 0 amide bonds. The van der Waals surface area contributed by atoms with Crippen LogP contribution in [-0.2, 0) is 12.8 Å². The number of hydrogen-bond acceptors (Lipinski definition) is 5. The molecule has 2 aliphatic carbocycles. The van der Waals surface area contributed by atoms with E-state index in [1.165, 1.54) is 55.4 Å². The Hall–Kier alpha value is -1.36. The van der Waals surface area contributed by atoms with Crippen LogP contribution in [0.1, 0.15) is 49.0 Å². The van der Waals surface area contributed by atoms with E-state index in [2.05, 4.69) is 10.3 Å². The van der Waals surface area contributed by atoms with E-state index in [0.29, 0.717) is 11.9 Å². The summed E-state index contributed by atoms with van der Waals surface area (Å²) >= 11 is 1.81. The number of anilines is 2. The van der Waals surface area contributed by atoms with Crippen LogP contribution in [0.4, 0.5) is 11.8 Å². The molecule has 0 saturated heterocycles. The molecule has 0 radical (unpaired) electrons. The molecule has 1 fully saturated rings. The van der Waals surface area contributed by atoms with Gasteiger partial charge in [0.05, 0.1) is 5.39 Å². The molecule has 4 rings (SSSR count). The number of hydrogen-bond donors (Lipinski definition) is 2. The van der Waals surface area contributed by atoms with Crippen molar-refractivity contribution in [3.63, 3.8) is 0 Å². The zero-order chi connectivity index (χ0) is 13.5. The average molecular weight is 288 g/mol.